The largest absolute Gasteiger partial charge is 0.508 e. The fourth-order valence-electron chi connectivity index (χ4n) is 3.95. The Bertz CT molecular complexity index is 845. The molecule has 4 atom stereocenters. The Morgan fingerprint density at radius 1 is 1.04 bits per heavy atom. The molecule has 130 valence electrons. The number of aromatic hydroxyl groups is 1. The smallest absolute Gasteiger partial charge is 0.241 e. The Balaban J connectivity index is 1.79. The lowest BCUT2D eigenvalue weighted by molar-refractivity contribution is -0.129. The summed E-state index contributed by atoms with van der Waals surface area (Å²) in [4.78, 5) is 14.4. The van der Waals surface area contributed by atoms with Gasteiger partial charge in [0.25, 0.3) is 0 Å². The van der Waals surface area contributed by atoms with E-state index in [2.05, 4.69) is 10.9 Å². The van der Waals surface area contributed by atoms with Gasteiger partial charge in [0.1, 0.15) is 11.8 Å². The maximum Gasteiger partial charge on any atom is 0.241 e. The number of carbonyl (C=O) groups excluding carboxylic acids is 1. The van der Waals surface area contributed by atoms with Gasteiger partial charge in [-0.2, -0.15) is 0 Å². The van der Waals surface area contributed by atoms with Crippen molar-refractivity contribution in [2.45, 2.75) is 18.1 Å². The minimum atomic E-state index is -0.367. The number of halogens is 2. The second-order valence-electron chi connectivity index (χ2n) is 6.45. The Labute approximate surface area is 155 Å². The number of phenolic OH excluding ortho intramolecular Hbond substituents is 1. The van der Waals surface area contributed by atoms with Gasteiger partial charge >= 0.3 is 0 Å². The number of phenols is 1. The zero-order valence-corrected chi connectivity index (χ0v) is 14.9. The monoisotopic (exact) mass is 377 g/mol. The minimum Gasteiger partial charge on any atom is -0.508 e. The summed E-state index contributed by atoms with van der Waals surface area (Å²) in [6.07, 6.45) is 0. The number of para-hydroxylation sites is 1. The zero-order chi connectivity index (χ0) is 17.7. The minimum absolute atomic E-state index is 0.00601. The van der Waals surface area contributed by atoms with E-state index in [4.69, 9.17) is 23.2 Å². The molecule has 2 aliphatic rings. The molecule has 0 saturated carbocycles. The number of carbonyl (C=O) groups is 1. The van der Waals surface area contributed by atoms with Crippen LogP contribution in [-0.2, 0) is 4.79 Å². The Morgan fingerprint density at radius 3 is 2.48 bits per heavy atom. The first-order chi connectivity index (χ1) is 12.0. The molecular weight excluding hydrogens is 361 g/mol. The van der Waals surface area contributed by atoms with E-state index in [1.165, 1.54) is 0 Å². The normalized spacial score (nSPS) is 28.4. The number of nitrogens with one attached hydrogen (secondary N) is 2. The number of amides is 1. The summed E-state index contributed by atoms with van der Waals surface area (Å²) >= 11 is 12.2. The van der Waals surface area contributed by atoms with E-state index < -0.39 is 0 Å². The molecule has 0 radical (unpaired) electrons. The summed E-state index contributed by atoms with van der Waals surface area (Å²) in [6, 6.07) is 11.9. The van der Waals surface area contributed by atoms with Crippen molar-refractivity contribution in [2.24, 2.45) is 5.92 Å². The molecular formula is C18H17Cl2N3O2. The quantitative estimate of drug-likeness (QED) is 0.752. The van der Waals surface area contributed by atoms with Crippen LogP contribution in [0.3, 0.4) is 0 Å². The number of hydrogen-bond donors (Lipinski definition) is 3. The van der Waals surface area contributed by atoms with Gasteiger partial charge in [0, 0.05) is 18.5 Å². The number of fused-ring (bicyclic) bond motifs is 1. The van der Waals surface area contributed by atoms with E-state index in [1.54, 1.807) is 36.2 Å². The lowest BCUT2D eigenvalue weighted by Crippen LogP contribution is -2.39. The number of nitrogens with zero attached hydrogens (tertiary/aromatic N) is 1. The molecule has 25 heavy (non-hydrogen) atoms. The number of hydrogen-bond acceptors (Lipinski definition) is 4. The molecule has 0 bridgehead atoms. The highest BCUT2D eigenvalue weighted by molar-refractivity contribution is 6.42. The third-order valence-corrected chi connectivity index (χ3v) is 5.86. The van der Waals surface area contributed by atoms with Crippen molar-refractivity contribution in [1.82, 2.24) is 15.8 Å². The molecule has 2 saturated heterocycles. The Kier molecular flexibility index (Phi) is 4.12. The molecule has 4 unspecified atom stereocenters. The molecule has 2 aliphatic heterocycles. The van der Waals surface area contributed by atoms with Gasteiger partial charge in [-0.3, -0.25) is 4.79 Å². The molecule has 2 aromatic rings. The van der Waals surface area contributed by atoms with Crippen molar-refractivity contribution in [3.05, 3.63) is 63.6 Å². The van der Waals surface area contributed by atoms with Crippen LogP contribution in [0.1, 0.15) is 23.2 Å². The highest BCUT2D eigenvalue weighted by Crippen LogP contribution is 2.48. The molecule has 7 heteroatoms. The fraction of sp³-hybridized carbons (Fsp3) is 0.278. The van der Waals surface area contributed by atoms with Crippen LogP contribution in [0.5, 0.6) is 5.75 Å². The standard InChI is InChI=1S/C18H17Cl2N3O2/c1-23-17(9-6-7-11(19)12(20)8-9)14-15(21-22-16(14)18(23)25)10-4-2-3-5-13(10)24/h2-8,14-17,21-22,24H,1H3. The van der Waals surface area contributed by atoms with Crippen LogP contribution in [0.15, 0.2) is 42.5 Å². The van der Waals surface area contributed by atoms with E-state index >= 15 is 0 Å². The average molecular weight is 378 g/mol. The summed E-state index contributed by atoms with van der Waals surface area (Å²) in [6.45, 7) is 0. The van der Waals surface area contributed by atoms with E-state index in [1.807, 2.05) is 18.2 Å². The van der Waals surface area contributed by atoms with Crippen molar-refractivity contribution < 1.29 is 9.90 Å². The van der Waals surface area contributed by atoms with E-state index in [0.29, 0.717) is 10.0 Å². The van der Waals surface area contributed by atoms with Crippen LogP contribution in [0, 0.1) is 5.92 Å². The van der Waals surface area contributed by atoms with Gasteiger partial charge in [0.15, 0.2) is 0 Å². The van der Waals surface area contributed by atoms with Gasteiger partial charge in [0.2, 0.25) is 5.91 Å². The molecule has 0 spiro atoms. The van der Waals surface area contributed by atoms with E-state index in [-0.39, 0.29) is 35.7 Å². The van der Waals surface area contributed by atoms with Crippen LogP contribution < -0.4 is 10.9 Å². The van der Waals surface area contributed by atoms with Crippen LogP contribution in [0.4, 0.5) is 0 Å². The van der Waals surface area contributed by atoms with Crippen molar-refractivity contribution in [1.29, 1.82) is 0 Å². The second kappa shape index (κ2) is 6.18. The molecule has 0 aromatic heterocycles. The van der Waals surface area contributed by atoms with Crippen LogP contribution in [0.25, 0.3) is 0 Å². The molecule has 3 N–H and O–H groups in total. The third-order valence-electron chi connectivity index (χ3n) is 5.12. The Morgan fingerprint density at radius 2 is 1.76 bits per heavy atom. The maximum atomic E-state index is 12.7. The molecule has 2 fully saturated rings. The molecule has 0 aliphatic carbocycles. The molecule has 5 nitrogen and oxygen atoms in total. The lowest BCUT2D eigenvalue weighted by Gasteiger charge is -2.29. The van der Waals surface area contributed by atoms with Gasteiger partial charge in [-0.1, -0.05) is 47.5 Å². The van der Waals surface area contributed by atoms with E-state index in [0.717, 1.165) is 11.1 Å². The highest BCUT2D eigenvalue weighted by Gasteiger charge is 2.54. The summed E-state index contributed by atoms with van der Waals surface area (Å²) in [7, 11) is 1.79. The third kappa shape index (κ3) is 2.59. The van der Waals surface area contributed by atoms with Crippen molar-refractivity contribution >= 4 is 29.1 Å². The predicted molar refractivity (Wildman–Crippen MR) is 96.4 cm³/mol. The number of hydrazine groups is 1. The summed E-state index contributed by atoms with van der Waals surface area (Å²) in [5.41, 5.74) is 7.94. The summed E-state index contributed by atoms with van der Waals surface area (Å²) < 4.78 is 0. The molecule has 1 amide bonds. The SMILES string of the molecule is CN1C(=O)C2NNC(c3ccccc3O)C2C1c1ccc(Cl)c(Cl)c1. The van der Waals surface area contributed by atoms with E-state index in [9.17, 15) is 9.90 Å². The van der Waals surface area contributed by atoms with Gasteiger partial charge in [0.05, 0.1) is 22.1 Å². The lowest BCUT2D eigenvalue weighted by atomic mass is 9.83. The van der Waals surface area contributed by atoms with Crippen molar-refractivity contribution in [2.75, 3.05) is 7.05 Å². The van der Waals surface area contributed by atoms with Gasteiger partial charge in [-0.05, 0) is 23.8 Å². The van der Waals surface area contributed by atoms with Crippen molar-refractivity contribution in [3.63, 3.8) is 0 Å². The number of rotatable bonds is 2. The first kappa shape index (κ1) is 16.7. The topological polar surface area (TPSA) is 64.6 Å². The molecule has 2 heterocycles. The number of benzene rings is 2. The van der Waals surface area contributed by atoms with Gasteiger partial charge < -0.3 is 10.0 Å². The predicted octanol–water partition coefficient (Wildman–Crippen LogP) is 3.05. The summed E-state index contributed by atoms with van der Waals surface area (Å²) in [5.74, 6) is 0.117. The van der Waals surface area contributed by atoms with Crippen molar-refractivity contribution in [3.8, 4) is 5.75 Å². The highest BCUT2D eigenvalue weighted by atomic mass is 35.5. The summed E-state index contributed by atoms with van der Waals surface area (Å²) in [5, 5.41) is 11.2. The zero-order valence-electron chi connectivity index (χ0n) is 13.4. The average Bonchev–Trinajstić information content (AvgIpc) is 3.11. The number of likely N-dealkylation sites (tertiary alicyclic amines) is 1. The number of likely N-dealkylation sites (N-methyl/N-ethyl adjacent to an activating group) is 1. The molecule has 2 aromatic carbocycles. The first-order valence-electron chi connectivity index (χ1n) is 7.99. The van der Waals surface area contributed by atoms with Crippen LogP contribution in [-0.4, -0.2) is 29.0 Å². The van der Waals surface area contributed by atoms with Crippen LogP contribution >= 0.6 is 23.2 Å². The second-order valence-corrected chi connectivity index (χ2v) is 7.26. The molecule has 4 rings (SSSR count). The van der Waals surface area contributed by atoms with Gasteiger partial charge in [-0.25, -0.2) is 10.9 Å². The maximum absolute atomic E-state index is 12.7. The Hall–Kier alpha value is -1.79. The fourth-order valence-corrected chi connectivity index (χ4v) is 4.25. The van der Waals surface area contributed by atoms with Gasteiger partial charge in [-0.15, -0.1) is 0 Å². The first-order valence-corrected chi connectivity index (χ1v) is 8.75. The van der Waals surface area contributed by atoms with Crippen LogP contribution in [0.2, 0.25) is 10.0 Å².